The van der Waals surface area contributed by atoms with Crippen molar-refractivity contribution in [3.05, 3.63) is 78.8 Å². The van der Waals surface area contributed by atoms with Crippen LogP contribution in [-0.2, 0) is 6.54 Å². The summed E-state index contributed by atoms with van der Waals surface area (Å²) in [6.45, 7) is 1.57. The minimum absolute atomic E-state index is 0.0348. The number of halogens is 1. The van der Waals surface area contributed by atoms with E-state index in [4.69, 9.17) is 26.9 Å². The second-order valence-electron chi connectivity index (χ2n) is 5.70. The van der Waals surface area contributed by atoms with Crippen molar-refractivity contribution in [2.45, 2.75) is 13.5 Å². The van der Waals surface area contributed by atoms with Crippen molar-refractivity contribution >= 4 is 11.6 Å². The van der Waals surface area contributed by atoms with Crippen LogP contribution in [0, 0.1) is 29.6 Å². The number of H-pyrrole nitrogens is 1. The largest absolute Gasteiger partial charge is 0.450 e. The number of hydrogen-bond acceptors (Lipinski definition) is 7. The van der Waals surface area contributed by atoms with Gasteiger partial charge in [0.2, 0.25) is 5.75 Å². The Balaban J connectivity index is 1.98. The molecule has 10 heteroatoms. The van der Waals surface area contributed by atoms with Crippen molar-refractivity contribution in [3.63, 3.8) is 0 Å². The van der Waals surface area contributed by atoms with Gasteiger partial charge in [-0.25, -0.2) is 10.1 Å². The van der Waals surface area contributed by atoms with E-state index in [1.54, 1.807) is 13.0 Å². The van der Waals surface area contributed by atoms with Crippen molar-refractivity contribution in [2.24, 2.45) is 0 Å². The number of aromatic nitrogens is 4. The van der Waals surface area contributed by atoms with Crippen LogP contribution < -0.4 is 15.9 Å². The van der Waals surface area contributed by atoms with Crippen LogP contribution in [0.25, 0.3) is 0 Å². The van der Waals surface area contributed by atoms with E-state index in [2.05, 4.69) is 15.2 Å². The quantitative estimate of drug-likeness (QED) is 0.712. The van der Waals surface area contributed by atoms with Crippen molar-refractivity contribution in [3.8, 4) is 23.6 Å². The topological polar surface area (TPSA) is 137 Å². The summed E-state index contributed by atoms with van der Waals surface area (Å²) in [6, 6.07) is 9.40. The first kappa shape index (κ1) is 18.8. The Morgan fingerprint density at radius 3 is 2.71 bits per heavy atom. The molecule has 0 aliphatic heterocycles. The summed E-state index contributed by atoms with van der Waals surface area (Å²) in [6.07, 6.45) is 1.31. The molecular formula is C18H11ClN6O3. The highest BCUT2D eigenvalue weighted by molar-refractivity contribution is 6.30. The lowest BCUT2D eigenvalue weighted by molar-refractivity contribution is 0.457. The Morgan fingerprint density at radius 1 is 1.21 bits per heavy atom. The summed E-state index contributed by atoms with van der Waals surface area (Å²) < 4.78 is 6.87. The minimum Gasteiger partial charge on any atom is -0.450 e. The maximum Gasteiger partial charge on any atom is 0.296 e. The molecule has 2 heterocycles. The number of aromatic amines is 1. The highest BCUT2D eigenvalue weighted by Gasteiger charge is 2.14. The highest BCUT2D eigenvalue weighted by atomic mass is 35.5. The fourth-order valence-corrected chi connectivity index (χ4v) is 2.60. The molecule has 0 saturated carbocycles. The number of hydrogen-bond donors (Lipinski definition) is 1. The molecule has 28 heavy (non-hydrogen) atoms. The Hall–Kier alpha value is -3.95. The highest BCUT2D eigenvalue weighted by Crippen LogP contribution is 2.25. The molecule has 1 N–H and O–H groups in total. The molecule has 0 spiro atoms. The van der Waals surface area contributed by atoms with Gasteiger partial charge in [-0.05, 0) is 31.2 Å². The molecule has 0 amide bonds. The van der Waals surface area contributed by atoms with Gasteiger partial charge in [0.15, 0.2) is 0 Å². The van der Waals surface area contributed by atoms with Crippen LogP contribution in [0.2, 0.25) is 5.02 Å². The maximum absolute atomic E-state index is 12.8. The van der Waals surface area contributed by atoms with E-state index in [0.717, 1.165) is 0 Å². The number of nitriles is 2. The fraction of sp³-hybridized carbons (Fsp3) is 0.111. The fourth-order valence-electron chi connectivity index (χ4n) is 2.37. The lowest BCUT2D eigenvalue weighted by Gasteiger charge is -2.11. The van der Waals surface area contributed by atoms with Gasteiger partial charge in [0.05, 0.1) is 35.9 Å². The van der Waals surface area contributed by atoms with Crippen LogP contribution in [0.5, 0.6) is 11.5 Å². The Kier molecular flexibility index (Phi) is 5.21. The third kappa shape index (κ3) is 3.90. The van der Waals surface area contributed by atoms with Gasteiger partial charge >= 0.3 is 0 Å². The molecule has 0 saturated heterocycles. The first-order valence-corrected chi connectivity index (χ1v) is 8.22. The monoisotopic (exact) mass is 394 g/mol. The first-order valence-electron chi connectivity index (χ1n) is 7.84. The van der Waals surface area contributed by atoms with E-state index in [1.165, 1.54) is 35.2 Å². The van der Waals surface area contributed by atoms with Gasteiger partial charge in [-0.15, -0.1) is 0 Å². The summed E-state index contributed by atoms with van der Waals surface area (Å²) in [4.78, 5) is 28.4. The number of aryl methyl sites for hydroxylation is 1. The Bertz CT molecular complexity index is 1270. The van der Waals surface area contributed by atoms with Gasteiger partial charge < -0.3 is 4.74 Å². The molecule has 3 aromatic rings. The predicted octanol–water partition coefficient (Wildman–Crippen LogP) is 1.87. The summed E-state index contributed by atoms with van der Waals surface area (Å²) in [5, 5.41) is 24.3. The maximum atomic E-state index is 12.8. The van der Waals surface area contributed by atoms with E-state index in [-0.39, 0.29) is 34.2 Å². The zero-order valence-electron chi connectivity index (χ0n) is 14.4. The van der Waals surface area contributed by atoms with Crippen LogP contribution in [0.1, 0.15) is 22.5 Å². The van der Waals surface area contributed by atoms with Gasteiger partial charge in [0.1, 0.15) is 17.4 Å². The van der Waals surface area contributed by atoms with E-state index < -0.39 is 11.1 Å². The van der Waals surface area contributed by atoms with Crippen molar-refractivity contribution in [1.29, 1.82) is 10.5 Å². The van der Waals surface area contributed by atoms with Crippen molar-refractivity contribution in [1.82, 2.24) is 19.7 Å². The standard InChI is InChI=1S/C18H11ClN6O3/c1-10-16(28-15-3-11(6-20)2-13(19)5-15)18(27)25(9-22-10)8-14-4-12(7-21)17(26)24-23-14/h2-5,9H,8H2,1H3,(H,24,26). The Morgan fingerprint density at radius 2 is 2.00 bits per heavy atom. The first-order chi connectivity index (χ1) is 13.4. The number of ether oxygens (including phenoxy) is 1. The number of rotatable bonds is 4. The third-order valence-corrected chi connectivity index (χ3v) is 3.92. The lowest BCUT2D eigenvalue weighted by Crippen LogP contribution is -2.24. The van der Waals surface area contributed by atoms with Crippen LogP contribution >= 0.6 is 11.6 Å². The summed E-state index contributed by atoms with van der Waals surface area (Å²) in [7, 11) is 0. The molecule has 0 fully saturated rings. The van der Waals surface area contributed by atoms with Crippen LogP contribution in [0.15, 0.2) is 40.2 Å². The normalized spacial score (nSPS) is 10.1. The van der Waals surface area contributed by atoms with E-state index >= 15 is 0 Å². The molecule has 0 unspecified atom stereocenters. The van der Waals surface area contributed by atoms with Gasteiger partial charge in [-0.1, -0.05) is 11.6 Å². The number of benzene rings is 1. The molecular weight excluding hydrogens is 384 g/mol. The summed E-state index contributed by atoms with van der Waals surface area (Å²) in [5.74, 6) is 0.177. The van der Waals surface area contributed by atoms with Gasteiger partial charge in [-0.2, -0.15) is 15.6 Å². The van der Waals surface area contributed by atoms with Crippen molar-refractivity contribution < 1.29 is 4.74 Å². The van der Waals surface area contributed by atoms with Gasteiger partial charge in [0, 0.05) is 5.02 Å². The zero-order chi connectivity index (χ0) is 20.3. The molecule has 1 aromatic carbocycles. The second kappa shape index (κ2) is 7.74. The van der Waals surface area contributed by atoms with Crippen molar-refractivity contribution in [2.75, 3.05) is 0 Å². The Labute approximate surface area is 163 Å². The molecule has 0 bridgehead atoms. The summed E-state index contributed by atoms with van der Waals surface area (Å²) >= 11 is 5.96. The molecule has 2 aromatic heterocycles. The average molecular weight is 395 g/mol. The smallest absolute Gasteiger partial charge is 0.296 e. The predicted molar refractivity (Wildman–Crippen MR) is 98.1 cm³/mol. The SMILES string of the molecule is Cc1ncn(Cc2cc(C#N)c(=O)[nH]n2)c(=O)c1Oc1cc(Cl)cc(C#N)c1. The van der Waals surface area contributed by atoms with E-state index in [0.29, 0.717) is 11.4 Å². The van der Waals surface area contributed by atoms with Crippen LogP contribution in [0.4, 0.5) is 0 Å². The van der Waals surface area contributed by atoms with Gasteiger partial charge in [-0.3, -0.25) is 14.2 Å². The number of nitrogens with zero attached hydrogens (tertiary/aromatic N) is 5. The third-order valence-electron chi connectivity index (χ3n) is 3.70. The van der Waals surface area contributed by atoms with E-state index in [1.807, 2.05) is 6.07 Å². The second-order valence-corrected chi connectivity index (χ2v) is 6.13. The molecule has 3 rings (SSSR count). The zero-order valence-corrected chi connectivity index (χ0v) is 15.2. The van der Waals surface area contributed by atoms with E-state index in [9.17, 15) is 9.59 Å². The molecule has 0 aliphatic carbocycles. The number of nitrogens with one attached hydrogen (secondary N) is 1. The van der Waals surface area contributed by atoms with Crippen LogP contribution in [-0.4, -0.2) is 19.7 Å². The summed E-state index contributed by atoms with van der Waals surface area (Å²) in [5.41, 5.74) is -0.309. The molecule has 9 nitrogen and oxygen atoms in total. The molecule has 0 atom stereocenters. The minimum atomic E-state index is -0.612. The van der Waals surface area contributed by atoms with Gasteiger partial charge in [0.25, 0.3) is 11.1 Å². The average Bonchev–Trinajstić information content (AvgIpc) is 2.68. The van der Waals surface area contributed by atoms with Crippen LogP contribution in [0.3, 0.4) is 0 Å². The lowest BCUT2D eigenvalue weighted by atomic mass is 10.2. The molecule has 0 aliphatic rings. The molecule has 0 radical (unpaired) electrons. The molecule has 138 valence electrons.